The van der Waals surface area contributed by atoms with Crippen molar-refractivity contribution in [3.05, 3.63) is 70.0 Å². The van der Waals surface area contributed by atoms with Crippen LogP contribution in [0, 0.1) is 12.7 Å². The van der Waals surface area contributed by atoms with E-state index in [2.05, 4.69) is 0 Å². The minimum absolute atomic E-state index is 0.0841. The van der Waals surface area contributed by atoms with Crippen LogP contribution in [0.5, 0.6) is 0 Å². The zero-order chi connectivity index (χ0) is 14.5. The lowest BCUT2D eigenvalue weighted by atomic mass is 10.0. The first-order valence-corrected chi connectivity index (χ1v) is 6.93. The van der Waals surface area contributed by atoms with Crippen LogP contribution in [-0.2, 0) is 17.6 Å². The maximum Gasteiger partial charge on any atom is 0.142 e. The summed E-state index contributed by atoms with van der Waals surface area (Å²) in [5, 5.41) is 0.0841. The molecule has 0 N–H and O–H groups in total. The number of ketones is 1. The van der Waals surface area contributed by atoms with Gasteiger partial charge >= 0.3 is 0 Å². The maximum atomic E-state index is 13.3. The normalized spacial score (nSPS) is 10.6. The molecule has 0 saturated carbocycles. The molecular formula is C17H16ClFO. The average Bonchev–Trinajstić information content (AvgIpc) is 2.42. The summed E-state index contributed by atoms with van der Waals surface area (Å²) in [4.78, 5) is 11.9. The zero-order valence-corrected chi connectivity index (χ0v) is 12.1. The highest BCUT2D eigenvalue weighted by Crippen LogP contribution is 2.16. The summed E-state index contributed by atoms with van der Waals surface area (Å²) in [7, 11) is 0. The highest BCUT2D eigenvalue weighted by molar-refractivity contribution is 6.30. The first-order chi connectivity index (χ1) is 9.54. The third-order valence-electron chi connectivity index (χ3n) is 3.20. The van der Waals surface area contributed by atoms with Gasteiger partial charge in [-0.2, -0.15) is 0 Å². The number of hydrogen-bond donors (Lipinski definition) is 0. The van der Waals surface area contributed by atoms with E-state index in [9.17, 15) is 9.18 Å². The standard InChI is InChI=1S/C17H16ClFO/c1-12-2-4-13(5-3-12)6-8-15(20)10-14-7-9-16(18)17(19)11-14/h2-5,7,9,11H,6,8,10H2,1H3. The lowest BCUT2D eigenvalue weighted by Crippen LogP contribution is -2.04. The minimum Gasteiger partial charge on any atom is -0.299 e. The Hall–Kier alpha value is -1.67. The Kier molecular flexibility index (Phi) is 4.91. The molecule has 0 heterocycles. The number of aryl methyl sites for hydroxylation is 2. The molecule has 0 aromatic heterocycles. The van der Waals surface area contributed by atoms with Gasteiger partial charge in [0.2, 0.25) is 0 Å². The van der Waals surface area contributed by atoms with Gasteiger partial charge in [0.25, 0.3) is 0 Å². The van der Waals surface area contributed by atoms with Gasteiger partial charge in [0.15, 0.2) is 0 Å². The van der Waals surface area contributed by atoms with Gasteiger partial charge in [-0.1, -0.05) is 47.5 Å². The van der Waals surface area contributed by atoms with Crippen LogP contribution in [0.1, 0.15) is 23.1 Å². The average molecular weight is 291 g/mol. The van der Waals surface area contributed by atoms with Crippen molar-refractivity contribution in [3.8, 4) is 0 Å². The number of rotatable bonds is 5. The predicted octanol–water partition coefficient (Wildman–Crippen LogP) is 4.53. The lowest BCUT2D eigenvalue weighted by molar-refractivity contribution is -0.118. The topological polar surface area (TPSA) is 17.1 Å². The molecule has 0 atom stereocenters. The summed E-state index contributed by atoms with van der Waals surface area (Å²) in [5.74, 6) is -0.372. The molecule has 0 amide bonds. The van der Waals surface area contributed by atoms with E-state index < -0.39 is 5.82 Å². The summed E-state index contributed by atoms with van der Waals surface area (Å²) >= 11 is 5.61. The van der Waals surface area contributed by atoms with Crippen molar-refractivity contribution in [1.82, 2.24) is 0 Å². The Morgan fingerprint density at radius 2 is 1.75 bits per heavy atom. The van der Waals surface area contributed by atoms with E-state index in [0.717, 1.165) is 12.0 Å². The van der Waals surface area contributed by atoms with Crippen LogP contribution in [0.4, 0.5) is 4.39 Å². The number of carbonyl (C=O) groups excluding carboxylic acids is 1. The Morgan fingerprint density at radius 1 is 1.10 bits per heavy atom. The SMILES string of the molecule is Cc1ccc(CCC(=O)Cc2ccc(Cl)c(F)c2)cc1. The second kappa shape index (κ2) is 6.67. The maximum absolute atomic E-state index is 13.3. The van der Waals surface area contributed by atoms with Crippen LogP contribution in [0.2, 0.25) is 5.02 Å². The fourth-order valence-electron chi connectivity index (χ4n) is 2.00. The first kappa shape index (κ1) is 14.7. The summed E-state index contributed by atoms with van der Waals surface area (Å²) in [6.07, 6.45) is 1.43. The third kappa shape index (κ3) is 4.17. The van der Waals surface area contributed by atoms with Crippen molar-refractivity contribution in [2.45, 2.75) is 26.2 Å². The second-order valence-electron chi connectivity index (χ2n) is 4.95. The van der Waals surface area contributed by atoms with Crippen LogP contribution in [0.15, 0.2) is 42.5 Å². The highest BCUT2D eigenvalue weighted by atomic mass is 35.5. The van der Waals surface area contributed by atoms with Gasteiger partial charge in [-0.05, 0) is 36.6 Å². The third-order valence-corrected chi connectivity index (χ3v) is 3.50. The van der Waals surface area contributed by atoms with Gasteiger partial charge in [-0.25, -0.2) is 4.39 Å². The Morgan fingerprint density at radius 3 is 2.40 bits per heavy atom. The first-order valence-electron chi connectivity index (χ1n) is 6.56. The van der Waals surface area contributed by atoms with Gasteiger partial charge in [-0.15, -0.1) is 0 Å². The Labute approximate surface area is 123 Å². The molecule has 0 bridgehead atoms. The molecular weight excluding hydrogens is 275 g/mol. The minimum atomic E-state index is -0.476. The predicted molar refractivity (Wildman–Crippen MR) is 79.6 cm³/mol. The molecule has 0 aliphatic rings. The van der Waals surface area contributed by atoms with E-state index in [4.69, 9.17) is 11.6 Å². The van der Waals surface area contributed by atoms with Crippen LogP contribution in [0.3, 0.4) is 0 Å². The molecule has 0 aliphatic heterocycles. The van der Waals surface area contributed by atoms with Crippen molar-refractivity contribution in [2.75, 3.05) is 0 Å². The Balaban J connectivity index is 1.89. The molecule has 0 unspecified atom stereocenters. The second-order valence-corrected chi connectivity index (χ2v) is 5.36. The molecule has 0 fully saturated rings. The molecule has 0 aliphatic carbocycles. The largest absolute Gasteiger partial charge is 0.299 e. The van der Waals surface area contributed by atoms with Crippen LogP contribution >= 0.6 is 11.6 Å². The van der Waals surface area contributed by atoms with E-state index in [1.165, 1.54) is 17.7 Å². The quantitative estimate of drug-likeness (QED) is 0.790. The van der Waals surface area contributed by atoms with Gasteiger partial charge in [0.05, 0.1) is 5.02 Å². The lowest BCUT2D eigenvalue weighted by Gasteiger charge is -2.04. The Bertz CT molecular complexity index is 605. The summed E-state index contributed by atoms with van der Waals surface area (Å²) in [5.41, 5.74) is 3.02. The molecule has 2 aromatic rings. The molecule has 20 heavy (non-hydrogen) atoms. The van der Waals surface area contributed by atoms with Crippen molar-refractivity contribution >= 4 is 17.4 Å². The highest BCUT2D eigenvalue weighted by Gasteiger charge is 2.07. The van der Waals surface area contributed by atoms with Crippen LogP contribution in [0.25, 0.3) is 0 Å². The van der Waals surface area contributed by atoms with E-state index in [-0.39, 0.29) is 17.2 Å². The number of halogens is 2. The van der Waals surface area contributed by atoms with Gasteiger partial charge in [0.1, 0.15) is 11.6 Å². The monoisotopic (exact) mass is 290 g/mol. The summed E-state index contributed by atoms with van der Waals surface area (Å²) in [6, 6.07) is 12.6. The van der Waals surface area contributed by atoms with Crippen LogP contribution < -0.4 is 0 Å². The molecule has 3 heteroatoms. The summed E-state index contributed by atoms with van der Waals surface area (Å²) in [6.45, 7) is 2.03. The van der Waals surface area contributed by atoms with Crippen molar-refractivity contribution in [2.24, 2.45) is 0 Å². The molecule has 2 aromatic carbocycles. The molecule has 1 nitrogen and oxygen atoms in total. The molecule has 0 spiro atoms. The number of hydrogen-bond acceptors (Lipinski definition) is 1. The van der Waals surface area contributed by atoms with E-state index in [0.29, 0.717) is 12.0 Å². The van der Waals surface area contributed by atoms with Crippen molar-refractivity contribution < 1.29 is 9.18 Å². The van der Waals surface area contributed by atoms with Gasteiger partial charge in [0, 0.05) is 12.8 Å². The molecule has 2 rings (SSSR count). The number of carbonyl (C=O) groups is 1. The number of benzene rings is 2. The number of Topliss-reactive ketones (excluding diaryl/α,β-unsaturated/α-hetero) is 1. The summed E-state index contributed by atoms with van der Waals surface area (Å²) < 4.78 is 13.3. The van der Waals surface area contributed by atoms with Crippen molar-refractivity contribution in [3.63, 3.8) is 0 Å². The van der Waals surface area contributed by atoms with E-state index in [1.807, 2.05) is 31.2 Å². The molecule has 0 radical (unpaired) electrons. The smallest absolute Gasteiger partial charge is 0.142 e. The van der Waals surface area contributed by atoms with Gasteiger partial charge < -0.3 is 0 Å². The van der Waals surface area contributed by atoms with Gasteiger partial charge in [-0.3, -0.25) is 4.79 Å². The van der Waals surface area contributed by atoms with Crippen LogP contribution in [-0.4, -0.2) is 5.78 Å². The molecule has 104 valence electrons. The molecule has 0 saturated heterocycles. The van der Waals surface area contributed by atoms with E-state index >= 15 is 0 Å². The van der Waals surface area contributed by atoms with E-state index in [1.54, 1.807) is 6.07 Å². The van der Waals surface area contributed by atoms with Crippen molar-refractivity contribution in [1.29, 1.82) is 0 Å². The zero-order valence-electron chi connectivity index (χ0n) is 11.3. The fraction of sp³-hybridized carbons (Fsp3) is 0.235. The fourth-order valence-corrected chi connectivity index (χ4v) is 2.12.